The van der Waals surface area contributed by atoms with Crippen LogP contribution in [0.3, 0.4) is 0 Å². The Morgan fingerprint density at radius 2 is 2.00 bits per heavy atom. The number of hydrogen-bond acceptors (Lipinski definition) is 4. The van der Waals surface area contributed by atoms with Gasteiger partial charge in [-0.25, -0.2) is 0 Å². The number of nitrogens with one attached hydrogen (secondary N) is 2. The van der Waals surface area contributed by atoms with Gasteiger partial charge in [0, 0.05) is 12.1 Å². The molecule has 0 spiro atoms. The molecule has 0 bridgehead atoms. The summed E-state index contributed by atoms with van der Waals surface area (Å²) in [4.78, 5) is 35.4. The minimum atomic E-state index is -0.972. The Kier molecular flexibility index (Phi) is 8.32. The Labute approximate surface area is 146 Å². The zero-order chi connectivity index (χ0) is 18.1. The number of rotatable bonds is 9. The van der Waals surface area contributed by atoms with Gasteiger partial charge in [-0.3, -0.25) is 14.4 Å². The summed E-state index contributed by atoms with van der Waals surface area (Å²) in [7, 11) is 0. The molecule has 6 nitrogen and oxygen atoms in total. The molecule has 0 heterocycles. The monoisotopic (exact) mass is 352 g/mol. The number of hydrogen-bond donors (Lipinski definition) is 3. The van der Waals surface area contributed by atoms with Gasteiger partial charge in [-0.15, -0.1) is 0 Å². The van der Waals surface area contributed by atoms with E-state index in [0.29, 0.717) is 17.7 Å². The van der Waals surface area contributed by atoms with Gasteiger partial charge in [0.05, 0.1) is 5.92 Å². The van der Waals surface area contributed by atoms with Crippen LogP contribution in [0.1, 0.15) is 29.3 Å². The lowest BCUT2D eigenvalue weighted by Gasteiger charge is -2.19. The van der Waals surface area contributed by atoms with E-state index >= 15 is 0 Å². The van der Waals surface area contributed by atoms with Crippen LogP contribution in [0.25, 0.3) is 0 Å². The maximum absolute atomic E-state index is 12.3. The number of thioether (sulfide) groups is 1. The molecule has 0 radical (unpaired) electrons. The van der Waals surface area contributed by atoms with Crippen LogP contribution in [0.15, 0.2) is 24.3 Å². The summed E-state index contributed by atoms with van der Waals surface area (Å²) in [5.41, 5.74) is 1.46. The van der Waals surface area contributed by atoms with Crippen molar-refractivity contribution in [3.05, 3.63) is 35.4 Å². The summed E-state index contributed by atoms with van der Waals surface area (Å²) in [6.45, 7) is 3.44. The van der Waals surface area contributed by atoms with Crippen LogP contribution in [-0.2, 0) is 9.59 Å². The highest BCUT2D eigenvalue weighted by Crippen LogP contribution is 2.07. The van der Waals surface area contributed by atoms with Gasteiger partial charge in [-0.1, -0.05) is 24.6 Å². The number of amides is 2. The number of aryl methyl sites for hydroxylation is 1. The third kappa shape index (κ3) is 6.62. The van der Waals surface area contributed by atoms with Gasteiger partial charge in [0.15, 0.2) is 0 Å². The number of aliphatic carboxylic acids is 1. The van der Waals surface area contributed by atoms with Crippen LogP contribution >= 0.6 is 11.8 Å². The highest BCUT2D eigenvalue weighted by Gasteiger charge is 2.22. The second-order valence-electron chi connectivity index (χ2n) is 5.66. The summed E-state index contributed by atoms with van der Waals surface area (Å²) >= 11 is 1.58. The Morgan fingerprint density at radius 3 is 2.58 bits per heavy atom. The number of carbonyl (C=O) groups is 3. The highest BCUT2D eigenvalue weighted by molar-refractivity contribution is 7.98. The van der Waals surface area contributed by atoms with Crippen LogP contribution < -0.4 is 10.6 Å². The number of carboxylic acid groups (broad SMARTS) is 1. The molecule has 1 aromatic carbocycles. The predicted octanol–water partition coefficient (Wildman–Crippen LogP) is 1.68. The Bertz CT molecular complexity index is 592. The molecule has 132 valence electrons. The molecule has 3 N–H and O–H groups in total. The van der Waals surface area contributed by atoms with Crippen molar-refractivity contribution in [3.8, 4) is 0 Å². The first kappa shape index (κ1) is 20.0. The van der Waals surface area contributed by atoms with Gasteiger partial charge >= 0.3 is 5.97 Å². The average Bonchev–Trinajstić information content (AvgIpc) is 2.55. The van der Waals surface area contributed by atoms with Crippen molar-refractivity contribution >= 4 is 29.5 Å². The van der Waals surface area contributed by atoms with E-state index in [4.69, 9.17) is 5.11 Å². The number of carboxylic acids is 1. The van der Waals surface area contributed by atoms with E-state index in [1.807, 2.05) is 19.2 Å². The van der Waals surface area contributed by atoms with Gasteiger partial charge in [-0.05, 0) is 37.5 Å². The second kappa shape index (κ2) is 9.97. The minimum absolute atomic E-state index is 0.0320. The van der Waals surface area contributed by atoms with Crippen LogP contribution in [0, 0.1) is 12.8 Å². The molecule has 0 aromatic heterocycles. The smallest absolute Gasteiger partial charge is 0.308 e. The molecule has 0 aliphatic heterocycles. The van der Waals surface area contributed by atoms with E-state index in [2.05, 4.69) is 10.6 Å². The lowest BCUT2D eigenvalue weighted by molar-refractivity contribution is -0.141. The van der Waals surface area contributed by atoms with E-state index in [1.165, 1.54) is 6.92 Å². The molecule has 2 unspecified atom stereocenters. The molecule has 0 aliphatic carbocycles. The lowest BCUT2D eigenvalue weighted by atomic mass is 10.1. The van der Waals surface area contributed by atoms with E-state index in [-0.39, 0.29) is 18.4 Å². The molecule has 0 saturated heterocycles. The van der Waals surface area contributed by atoms with Crippen molar-refractivity contribution in [2.75, 3.05) is 18.6 Å². The Morgan fingerprint density at radius 1 is 1.29 bits per heavy atom. The fourth-order valence-electron chi connectivity index (χ4n) is 2.00. The molecule has 1 rings (SSSR count). The van der Waals surface area contributed by atoms with Crippen LogP contribution in [0.4, 0.5) is 0 Å². The van der Waals surface area contributed by atoms with Crippen molar-refractivity contribution in [1.82, 2.24) is 10.6 Å². The van der Waals surface area contributed by atoms with Crippen LogP contribution in [0.2, 0.25) is 0 Å². The largest absolute Gasteiger partial charge is 0.481 e. The molecular formula is C17H24N2O4S. The van der Waals surface area contributed by atoms with Gasteiger partial charge in [0.25, 0.3) is 5.91 Å². The standard InChI is InChI=1S/C17H24N2O4S/c1-11-5-4-6-13(9-11)15(20)19-14(7-8-24-3)16(21)18-10-12(2)17(22)23/h4-6,9,12,14H,7-8,10H2,1-3H3,(H,18,21)(H,19,20)(H,22,23). The first-order valence-electron chi connectivity index (χ1n) is 7.72. The van der Waals surface area contributed by atoms with E-state index in [9.17, 15) is 14.4 Å². The van der Waals surface area contributed by atoms with E-state index < -0.39 is 17.9 Å². The van der Waals surface area contributed by atoms with E-state index in [1.54, 1.807) is 30.0 Å². The SMILES string of the molecule is CSCCC(NC(=O)c1cccc(C)c1)C(=O)NCC(C)C(=O)O. The molecular weight excluding hydrogens is 328 g/mol. The summed E-state index contributed by atoms with van der Waals surface area (Å²) < 4.78 is 0. The molecule has 0 aliphatic rings. The van der Waals surface area contributed by atoms with Gasteiger partial charge in [-0.2, -0.15) is 11.8 Å². The zero-order valence-corrected chi connectivity index (χ0v) is 15.0. The lowest BCUT2D eigenvalue weighted by Crippen LogP contribution is -2.48. The van der Waals surface area contributed by atoms with Gasteiger partial charge in [0.2, 0.25) is 5.91 Å². The summed E-state index contributed by atoms with van der Waals surface area (Å²) in [5.74, 6) is -1.62. The highest BCUT2D eigenvalue weighted by atomic mass is 32.2. The molecule has 0 fully saturated rings. The third-order valence-electron chi connectivity index (χ3n) is 3.52. The fourth-order valence-corrected chi connectivity index (χ4v) is 2.47. The number of carbonyl (C=O) groups excluding carboxylic acids is 2. The van der Waals surface area contributed by atoms with Crippen molar-refractivity contribution < 1.29 is 19.5 Å². The first-order valence-corrected chi connectivity index (χ1v) is 9.11. The molecule has 7 heteroatoms. The van der Waals surface area contributed by atoms with Crippen LogP contribution in [0.5, 0.6) is 0 Å². The second-order valence-corrected chi connectivity index (χ2v) is 6.65. The maximum Gasteiger partial charge on any atom is 0.308 e. The Hall–Kier alpha value is -2.02. The van der Waals surface area contributed by atoms with Crippen molar-refractivity contribution in [1.29, 1.82) is 0 Å². The summed E-state index contributed by atoms with van der Waals surface area (Å²) in [6.07, 6.45) is 2.40. The maximum atomic E-state index is 12.3. The van der Waals surface area contributed by atoms with Crippen molar-refractivity contribution in [2.24, 2.45) is 5.92 Å². The fraction of sp³-hybridized carbons (Fsp3) is 0.471. The topological polar surface area (TPSA) is 95.5 Å². The third-order valence-corrected chi connectivity index (χ3v) is 4.16. The van der Waals surface area contributed by atoms with Crippen molar-refractivity contribution in [3.63, 3.8) is 0 Å². The molecule has 0 saturated carbocycles. The van der Waals surface area contributed by atoms with Gasteiger partial charge < -0.3 is 15.7 Å². The van der Waals surface area contributed by atoms with Crippen molar-refractivity contribution in [2.45, 2.75) is 26.3 Å². The number of benzene rings is 1. The van der Waals surface area contributed by atoms with Gasteiger partial charge in [0.1, 0.15) is 6.04 Å². The zero-order valence-electron chi connectivity index (χ0n) is 14.2. The molecule has 2 atom stereocenters. The Balaban J connectivity index is 2.71. The predicted molar refractivity (Wildman–Crippen MR) is 95.2 cm³/mol. The molecule has 2 amide bonds. The summed E-state index contributed by atoms with van der Waals surface area (Å²) in [6, 6.07) is 6.44. The first-order chi connectivity index (χ1) is 11.3. The molecule has 24 heavy (non-hydrogen) atoms. The quantitative estimate of drug-likeness (QED) is 0.628. The average molecular weight is 352 g/mol. The normalized spacial score (nSPS) is 13.0. The van der Waals surface area contributed by atoms with E-state index in [0.717, 1.165) is 5.56 Å². The molecule has 1 aromatic rings. The van der Waals surface area contributed by atoms with Crippen LogP contribution in [-0.4, -0.2) is 47.5 Å². The summed E-state index contributed by atoms with van der Waals surface area (Å²) in [5, 5.41) is 14.2. The minimum Gasteiger partial charge on any atom is -0.481 e.